The highest BCUT2D eigenvalue weighted by molar-refractivity contribution is 6.30. The minimum absolute atomic E-state index is 0.0419. The van der Waals surface area contributed by atoms with E-state index in [1.165, 1.54) is 5.56 Å². The number of ketones is 1. The Bertz CT molecular complexity index is 1070. The Morgan fingerprint density at radius 1 is 0.964 bits per heavy atom. The number of rotatable bonds is 7. The molecule has 1 atom stereocenters. The number of carbonyl (C=O) groups excluding carboxylic acids is 1. The van der Waals surface area contributed by atoms with Crippen molar-refractivity contribution in [1.82, 2.24) is 15.5 Å². The summed E-state index contributed by atoms with van der Waals surface area (Å²) in [5, 5.41) is 12.2. The number of halogens is 1. The summed E-state index contributed by atoms with van der Waals surface area (Å²) in [4.78, 5) is 13.3. The van der Waals surface area contributed by atoms with Crippen LogP contribution in [0, 0.1) is 0 Å². The summed E-state index contributed by atoms with van der Waals surface area (Å²) in [6.45, 7) is 0.662. The lowest BCUT2D eigenvalue weighted by molar-refractivity contribution is 0.0940. The van der Waals surface area contributed by atoms with Gasteiger partial charge in [-0.25, -0.2) is 0 Å². The van der Waals surface area contributed by atoms with Crippen LogP contribution in [0.25, 0.3) is 10.9 Å². The van der Waals surface area contributed by atoms with Crippen molar-refractivity contribution in [1.29, 1.82) is 0 Å². The molecule has 1 aromatic heterocycles. The molecule has 0 aliphatic rings. The van der Waals surface area contributed by atoms with Crippen LogP contribution in [0.1, 0.15) is 27.7 Å². The maximum atomic E-state index is 13.3. The molecule has 4 rings (SSSR count). The summed E-state index contributed by atoms with van der Waals surface area (Å²) >= 11 is 5.95. The molecule has 0 bridgehead atoms. The van der Waals surface area contributed by atoms with Gasteiger partial charge in [0, 0.05) is 17.0 Å². The van der Waals surface area contributed by atoms with Gasteiger partial charge in [-0.2, -0.15) is 5.10 Å². The van der Waals surface area contributed by atoms with Crippen LogP contribution in [0.4, 0.5) is 0 Å². The van der Waals surface area contributed by atoms with E-state index >= 15 is 0 Å². The molecule has 0 aliphatic heterocycles. The number of para-hydroxylation sites is 1. The number of nitrogens with one attached hydrogen (secondary N) is 2. The number of aromatic nitrogens is 2. The molecular weight excluding hydrogens is 370 g/mol. The van der Waals surface area contributed by atoms with Gasteiger partial charge in [-0.3, -0.25) is 9.89 Å². The lowest BCUT2D eigenvalue weighted by Gasteiger charge is -2.17. The molecule has 0 saturated heterocycles. The van der Waals surface area contributed by atoms with Crippen LogP contribution in [-0.2, 0) is 6.42 Å². The van der Waals surface area contributed by atoms with Gasteiger partial charge >= 0.3 is 0 Å². The Kier molecular flexibility index (Phi) is 5.51. The molecule has 140 valence electrons. The van der Waals surface area contributed by atoms with Crippen molar-refractivity contribution < 1.29 is 4.79 Å². The van der Waals surface area contributed by atoms with Gasteiger partial charge in [-0.05, 0) is 35.7 Å². The SMILES string of the molecule is O=C(c1n[nH]c2ccccc12)[C@@H](NCCc1ccc(Cl)cc1)c1ccccc1. The fourth-order valence-corrected chi connectivity index (χ4v) is 3.43. The van der Waals surface area contributed by atoms with E-state index in [1.807, 2.05) is 78.9 Å². The van der Waals surface area contributed by atoms with E-state index in [-0.39, 0.29) is 5.78 Å². The van der Waals surface area contributed by atoms with E-state index in [2.05, 4.69) is 15.5 Å². The zero-order valence-electron chi connectivity index (χ0n) is 15.2. The molecule has 0 saturated carbocycles. The highest BCUT2D eigenvalue weighted by Crippen LogP contribution is 2.23. The first kappa shape index (κ1) is 18.4. The molecular formula is C23H20ClN3O. The number of nitrogens with zero attached hydrogens (tertiary/aromatic N) is 1. The molecule has 1 heterocycles. The summed E-state index contributed by atoms with van der Waals surface area (Å²) in [5.74, 6) is -0.0419. The minimum Gasteiger partial charge on any atom is -0.303 e. The standard InChI is InChI=1S/C23H20ClN3O/c24-18-12-10-16(11-13-18)14-15-25-21(17-6-2-1-3-7-17)23(28)22-19-8-4-5-9-20(19)26-27-22/h1-13,21,25H,14-15H2,(H,26,27)/t21-/m0/s1. The van der Waals surface area contributed by atoms with Gasteiger partial charge in [0.25, 0.3) is 0 Å². The molecule has 0 amide bonds. The van der Waals surface area contributed by atoms with Crippen molar-refractivity contribution in [2.24, 2.45) is 0 Å². The van der Waals surface area contributed by atoms with Crippen LogP contribution in [0.15, 0.2) is 78.9 Å². The Morgan fingerprint density at radius 2 is 1.68 bits per heavy atom. The topological polar surface area (TPSA) is 57.8 Å². The maximum Gasteiger partial charge on any atom is 0.205 e. The van der Waals surface area contributed by atoms with E-state index < -0.39 is 6.04 Å². The first-order valence-electron chi connectivity index (χ1n) is 9.22. The van der Waals surface area contributed by atoms with Gasteiger partial charge in [0.1, 0.15) is 5.69 Å². The Labute approximate surface area is 168 Å². The number of hydrogen-bond acceptors (Lipinski definition) is 3. The van der Waals surface area contributed by atoms with Gasteiger partial charge in [0.15, 0.2) is 0 Å². The molecule has 4 nitrogen and oxygen atoms in total. The van der Waals surface area contributed by atoms with Crippen LogP contribution in [0.2, 0.25) is 5.02 Å². The number of benzene rings is 3. The monoisotopic (exact) mass is 389 g/mol. The van der Waals surface area contributed by atoms with Crippen LogP contribution in [0.3, 0.4) is 0 Å². The lowest BCUT2D eigenvalue weighted by Crippen LogP contribution is -2.30. The van der Waals surface area contributed by atoms with Crippen molar-refractivity contribution in [2.45, 2.75) is 12.5 Å². The van der Waals surface area contributed by atoms with E-state index in [0.717, 1.165) is 27.9 Å². The van der Waals surface area contributed by atoms with E-state index in [1.54, 1.807) is 0 Å². The molecule has 3 aromatic carbocycles. The molecule has 5 heteroatoms. The van der Waals surface area contributed by atoms with E-state index in [4.69, 9.17) is 11.6 Å². The number of carbonyl (C=O) groups is 1. The first-order chi connectivity index (χ1) is 13.7. The number of H-pyrrole nitrogens is 1. The molecule has 0 radical (unpaired) electrons. The number of aromatic amines is 1. The van der Waals surface area contributed by atoms with Gasteiger partial charge in [-0.15, -0.1) is 0 Å². The zero-order chi connectivity index (χ0) is 19.3. The first-order valence-corrected chi connectivity index (χ1v) is 9.60. The zero-order valence-corrected chi connectivity index (χ0v) is 16.0. The highest BCUT2D eigenvalue weighted by atomic mass is 35.5. The summed E-state index contributed by atoms with van der Waals surface area (Å²) in [6, 6.07) is 24.8. The predicted octanol–water partition coefficient (Wildman–Crippen LogP) is 4.97. The lowest BCUT2D eigenvalue weighted by atomic mass is 9.98. The summed E-state index contributed by atoms with van der Waals surface area (Å²) < 4.78 is 0. The molecule has 2 N–H and O–H groups in total. The molecule has 0 unspecified atom stereocenters. The Balaban J connectivity index is 1.57. The smallest absolute Gasteiger partial charge is 0.205 e. The molecule has 0 spiro atoms. The minimum atomic E-state index is -0.458. The van der Waals surface area contributed by atoms with Gasteiger partial charge < -0.3 is 5.32 Å². The van der Waals surface area contributed by atoms with Crippen LogP contribution >= 0.6 is 11.6 Å². The number of fused-ring (bicyclic) bond motifs is 1. The second kappa shape index (κ2) is 8.38. The van der Waals surface area contributed by atoms with Crippen LogP contribution in [-0.4, -0.2) is 22.5 Å². The van der Waals surface area contributed by atoms with Crippen molar-refractivity contribution in [3.63, 3.8) is 0 Å². The fraction of sp³-hybridized carbons (Fsp3) is 0.130. The Hall–Kier alpha value is -2.95. The third kappa shape index (κ3) is 3.98. The van der Waals surface area contributed by atoms with Crippen LogP contribution in [0.5, 0.6) is 0 Å². The summed E-state index contributed by atoms with van der Waals surface area (Å²) in [7, 11) is 0. The number of Topliss-reactive ketones (excluding diaryl/α,β-unsaturated/α-hetero) is 1. The van der Waals surface area contributed by atoms with Crippen molar-refractivity contribution >= 4 is 28.3 Å². The van der Waals surface area contributed by atoms with Gasteiger partial charge in [0.05, 0.1) is 11.6 Å². The van der Waals surface area contributed by atoms with Gasteiger partial charge in [-0.1, -0.05) is 72.3 Å². The van der Waals surface area contributed by atoms with E-state index in [0.29, 0.717) is 12.2 Å². The van der Waals surface area contributed by atoms with Crippen molar-refractivity contribution in [3.8, 4) is 0 Å². The average Bonchev–Trinajstić information content (AvgIpc) is 3.17. The summed E-state index contributed by atoms with van der Waals surface area (Å²) in [6.07, 6.45) is 0.801. The maximum absolute atomic E-state index is 13.3. The second-order valence-electron chi connectivity index (χ2n) is 6.66. The molecule has 4 aromatic rings. The fourth-order valence-electron chi connectivity index (χ4n) is 3.31. The average molecular weight is 390 g/mol. The van der Waals surface area contributed by atoms with Crippen molar-refractivity contribution in [3.05, 3.63) is 101 Å². The molecule has 28 heavy (non-hydrogen) atoms. The van der Waals surface area contributed by atoms with E-state index in [9.17, 15) is 4.79 Å². The third-order valence-electron chi connectivity index (χ3n) is 4.77. The van der Waals surface area contributed by atoms with Crippen molar-refractivity contribution in [2.75, 3.05) is 6.54 Å². The summed E-state index contributed by atoms with van der Waals surface area (Å²) in [5.41, 5.74) is 3.42. The van der Waals surface area contributed by atoms with Crippen LogP contribution < -0.4 is 5.32 Å². The normalized spacial score (nSPS) is 12.2. The molecule has 0 fully saturated rings. The quantitative estimate of drug-likeness (QED) is 0.438. The van der Waals surface area contributed by atoms with Gasteiger partial charge in [0.2, 0.25) is 5.78 Å². The Morgan fingerprint density at radius 3 is 2.46 bits per heavy atom. The largest absolute Gasteiger partial charge is 0.303 e. The predicted molar refractivity (Wildman–Crippen MR) is 113 cm³/mol. The highest BCUT2D eigenvalue weighted by Gasteiger charge is 2.25. The molecule has 0 aliphatic carbocycles. The third-order valence-corrected chi connectivity index (χ3v) is 5.03. The number of hydrogen-bond donors (Lipinski definition) is 2. The second-order valence-corrected chi connectivity index (χ2v) is 7.09.